The highest BCUT2D eigenvalue weighted by Gasteiger charge is 2.28. The maximum Gasteiger partial charge on any atom is 0.178 e. The molecule has 0 saturated carbocycles. The van der Waals surface area contributed by atoms with Crippen LogP contribution in [-0.4, -0.2) is 28.5 Å². The highest BCUT2D eigenvalue weighted by molar-refractivity contribution is 6.36. The third-order valence-electron chi connectivity index (χ3n) is 4.00. The maximum atomic E-state index is 6.25. The van der Waals surface area contributed by atoms with E-state index in [1.807, 2.05) is 13.1 Å². The van der Waals surface area contributed by atoms with Crippen molar-refractivity contribution in [2.75, 3.05) is 7.05 Å². The van der Waals surface area contributed by atoms with Crippen LogP contribution in [0.15, 0.2) is 29.5 Å². The SMILES string of the molecule is Cc1c2c(cc3c(Cl)nccc13)C1=C[N+](C)=CCC1=N2. The molecule has 98 valence electrons. The Morgan fingerprint density at radius 3 is 3.00 bits per heavy atom. The van der Waals surface area contributed by atoms with E-state index in [0.29, 0.717) is 5.15 Å². The fraction of sp³-hybridized carbons (Fsp3) is 0.188. The first-order chi connectivity index (χ1) is 9.65. The molecule has 2 aliphatic rings. The van der Waals surface area contributed by atoms with E-state index < -0.39 is 0 Å². The van der Waals surface area contributed by atoms with Gasteiger partial charge in [-0.2, -0.15) is 0 Å². The van der Waals surface area contributed by atoms with Crippen LogP contribution in [0.2, 0.25) is 5.15 Å². The van der Waals surface area contributed by atoms with Crippen molar-refractivity contribution in [2.45, 2.75) is 13.3 Å². The first-order valence-corrected chi connectivity index (χ1v) is 6.96. The Labute approximate surface area is 121 Å². The number of aryl methyl sites for hydroxylation is 1. The molecule has 0 aliphatic carbocycles. The van der Waals surface area contributed by atoms with E-state index in [1.165, 1.54) is 16.7 Å². The molecule has 4 rings (SSSR count). The molecule has 0 amide bonds. The maximum absolute atomic E-state index is 6.25. The van der Waals surface area contributed by atoms with Gasteiger partial charge in [0.15, 0.2) is 12.4 Å². The Kier molecular flexibility index (Phi) is 2.36. The number of benzene rings is 1. The van der Waals surface area contributed by atoms with Gasteiger partial charge in [-0.15, -0.1) is 0 Å². The highest BCUT2D eigenvalue weighted by atomic mass is 35.5. The monoisotopic (exact) mass is 282 g/mol. The van der Waals surface area contributed by atoms with Gasteiger partial charge in [-0.1, -0.05) is 11.6 Å². The second-order valence-electron chi connectivity index (χ2n) is 5.25. The van der Waals surface area contributed by atoms with Gasteiger partial charge in [0.1, 0.15) is 12.2 Å². The van der Waals surface area contributed by atoms with Crippen LogP contribution in [0, 0.1) is 6.92 Å². The fourth-order valence-electron chi connectivity index (χ4n) is 2.94. The molecule has 0 unspecified atom stereocenters. The first-order valence-electron chi connectivity index (χ1n) is 6.58. The van der Waals surface area contributed by atoms with E-state index in [2.05, 4.69) is 35.0 Å². The molecule has 3 nitrogen and oxygen atoms in total. The fourth-order valence-corrected chi connectivity index (χ4v) is 3.15. The summed E-state index contributed by atoms with van der Waals surface area (Å²) in [6.45, 7) is 2.10. The number of halogens is 1. The van der Waals surface area contributed by atoms with Crippen LogP contribution >= 0.6 is 11.6 Å². The summed E-state index contributed by atoms with van der Waals surface area (Å²) >= 11 is 6.25. The molecule has 20 heavy (non-hydrogen) atoms. The zero-order chi connectivity index (χ0) is 13.9. The molecular formula is C16H13ClN3+. The van der Waals surface area contributed by atoms with Crippen molar-refractivity contribution in [1.29, 1.82) is 0 Å². The summed E-state index contributed by atoms with van der Waals surface area (Å²) < 4.78 is 2.09. The van der Waals surface area contributed by atoms with E-state index in [0.717, 1.165) is 28.6 Å². The lowest BCUT2D eigenvalue weighted by Gasteiger charge is -2.09. The van der Waals surface area contributed by atoms with Gasteiger partial charge >= 0.3 is 0 Å². The lowest BCUT2D eigenvalue weighted by Crippen LogP contribution is -2.12. The van der Waals surface area contributed by atoms with Crippen LogP contribution in [0.5, 0.6) is 0 Å². The first kappa shape index (κ1) is 11.8. The van der Waals surface area contributed by atoms with Crippen molar-refractivity contribution in [1.82, 2.24) is 4.98 Å². The Morgan fingerprint density at radius 1 is 1.30 bits per heavy atom. The molecule has 0 saturated heterocycles. The van der Waals surface area contributed by atoms with Gasteiger partial charge in [0.05, 0.1) is 23.4 Å². The van der Waals surface area contributed by atoms with Crippen molar-refractivity contribution in [3.8, 4) is 0 Å². The number of aromatic nitrogens is 1. The average Bonchev–Trinajstić information content (AvgIpc) is 2.79. The van der Waals surface area contributed by atoms with Crippen LogP contribution in [0.4, 0.5) is 5.69 Å². The van der Waals surface area contributed by atoms with Crippen molar-refractivity contribution in [3.05, 3.63) is 40.8 Å². The topological polar surface area (TPSA) is 28.3 Å². The van der Waals surface area contributed by atoms with Gasteiger partial charge in [-0.25, -0.2) is 9.56 Å². The average molecular weight is 283 g/mol. The van der Waals surface area contributed by atoms with E-state index in [4.69, 9.17) is 16.6 Å². The van der Waals surface area contributed by atoms with Gasteiger partial charge in [-0.3, -0.25) is 4.99 Å². The van der Waals surface area contributed by atoms with E-state index in [9.17, 15) is 0 Å². The minimum absolute atomic E-state index is 0.554. The van der Waals surface area contributed by atoms with Crippen LogP contribution < -0.4 is 0 Å². The molecular weight excluding hydrogens is 270 g/mol. The lowest BCUT2D eigenvalue weighted by molar-refractivity contribution is -0.417. The summed E-state index contributed by atoms with van der Waals surface area (Å²) in [5, 5.41) is 2.68. The second-order valence-corrected chi connectivity index (χ2v) is 5.61. The molecule has 3 heterocycles. The number of hydrogen-bond donors (Lipinski definition) is 0. The Balaban J connectivity index is 2.09. The molecule has 0 atom stereocenters. The summed E-state index contributed by atoms with van der Waals surface area (Å²) in [6.07, 6.45) is 6.89. The molecule has 2 aliphatic heterocycles. The number of rotatable bonds is 0. The number of fused-ring (bicyclic) bond motifs is 4. The number of nitrogens with zero attached hydrogens (tertiary/aromatic N) is 3. The predicted octanol–water partition coefficient (Wildman–Crippen LogP) is 3.74. The molecule has 4 heteroatoms. The summed E-state index contributed by atoms with van der Waals surface area (Å²) in [5.41, 5.74) is 5.76. The summed E-state index contributed by atoms with van der Waals surface area (Å²) in [5.74, 6) is 0. The number of allylic oxidation sites excluding steroid dienone is 1. The highest BCUT2D eigenvalue weighted by Crippen LogP contribution is 2.43. The third kappa shape index (κ3) is 1.50. The second kappa shape index (κ2) is 4.00. The van der Waals surface area contributed by atoms with E-state index in [-0.39, 0.29) is 0 Å². The van der Waals surface area contributed by atoms with Gasteiger partial charge in [-0.05, 0) is 30.0 Å². The molecule has 0 spiro atoms. The van der Waals surface area contributed by atoms with Crippen molar-refractivity contribution >= 4 is 45.6 Å². The lowest BCUT2D eigenvalue weighted by atomic mass is 9.95. The van der Waals surface area contributed by atoms with Crippen LogP contribution in [0.1, 0.15) is 17.5 Å². The van der Waals surface area contributed by atoms with Gasteiger partial charge in [0, 0.05) is 17.1 Å². The number of aliphatic imine (C=N–C) groups is 1. The number of hydrogen-bond acceptors (Lipinski definition) is 2. The molecule has 0 fully saturated rings. The minimum Gasteiger partial charge on any atom is -0.251 e. The zero-order valence-electron chi connectivity index (χ0n) is 11.3. The quantitative estimate of drug-likeness (QED) is 0.534. The molecule has 2 aromatic rings. The summed E-state index contributed by atoms with van der Waals surface area (Å²) in [7, 11) is 2.05. The largest absolute Gasteiger partial charge is 0.251 e. The molecule has 1 aromatic heterocycles. The Bertz CT molecular complexity index is 860. The summed E-state index contributed by atoms with van der Waals surface area (Å²) in [4.78, 5) is 9.00. The standard InChI is InChI=1S/C16H13ClN3/c1-9-10-3-5-18-16(17)12(10)7-11-13-8-20(2)6-4-14(13)19-15(9)11/h3,5-8H,4H2,1-2H3/q+1. The van der Waals surface area contributed by atoms with E-state index in [1.54, 1.807) is 6.20 Å². The molecule has 0 radical (unpaired) electrons. The van der Waals surface area contributed by atoms with Gasteiger partial charge in [0.25, 0.3) is 0 Å². The van der Waals surface area contributed by atoms with Crippen molar-refractivity contribution in [2.24, 2.45) is 4.99 Å². The molecule has 0 bridgehead atoms. The van der Waals surface area contributed by atoms with Crippen LogP contribution in [0.25, 0.3) is 16.3 Å². The number of pyridine rings is 1. The smallest absolute Gasteiger partial charge is 0.178 e. The van der Waals surface area contributed by atoms with Crippen molar-refractivity contribution < 1.29 is 4.58 Å². The third-order valence-corrected chi connectivity index (χ3v) is 4.30. The Morgan fingerprint density at radius 2 is 2.15 bits per heavy atom. The normalized spacial score (nSPS) is 16.4. The van der Waals surface area contributed by atoms with Gasteiger partial charge in [0.2, 0.25) is 0 Å². The summed E-state index contributed by atoms with van der Waals surface area (Å²) in [6, 6.07) is 4.13. The predicted molar refractivity (Wildman–Crippen MR) is 83.4 cm³/mol. The van der Waals surface area contributed by atoms with Crippen LogP contribution in [0.3, 0.4) is 0 Å². The van der Waals surface area contributed by atoms with Crippen molar-refractivity contribution in [3.63, 3.8) is 0 Å². The van der Waals surface area contributed by atoms with E-state index >= 15 is 0 Å². The molecule has 1 aromatic carbocycles. The minimum atomic E-state index is 0.554. The Hall–Kier alpha value is -2.00. The van der Waals surface area contributed by atoms with Crippen LogP contribution in [-0.2, 0) is 0 Å². The molecule has 0 N–H and O–H groups in total. The zero-order valence-corrected chi connectivity index (χ0v) is 12.1. The van der Waals surface area contributed by atoms with Gasteiger partial charge < -0.3 is 0 Å².